The Balaban J connectivity index is 1.57. The van der Waals surface area contributed by atoms with Crippen molar-refractivity contribution in [3.05, 3.63) is 47.5 Å². The van der Waals surface area contributed by atoms with Crippen molar-refractivity contribution in [3.63, 3.8) is 0 Å². The minimum Gasteiger partial charge on any atom is -0.493 e. The van der Waals surface area contributed by atoms with Gasteiger partial charge in [0.15, 0.2) is 0 Å². The lowest BCUT2D eigenvalue weighted by Crippen LogP contribution is -2.35. The first-order valence-electron chi connectivity index (χ1n) is 10.1. The smallest absolute Gasteiger partial charge is 0.226 e. The van der Waals surface area contributed by atoms with Crippen LogP contribution >= 0.6 is 0 Å². The number of benzene rings is 2. The number of fused-ring (bicyclic) bond motifs is 2. The molecule has 1 amide bonds. The second-order valence-electron chi connectivity index (χ2n) is 7.70. The molecule has 1 unspecified atom stereocenters. The summed E-state index contributed by atoms with van der Waals surface area (Å²) in [6, 6.07) is 8.62. The number of hydrogen-bond donors (Lipinski definition) is 2. The highest BCUT2D eigenvalue weighted by Crippen LogP contribution is 2.38. The Morgan fingerprint density at radius 3 is 3.07 bits per heavy atom. The first-order valence-corrected chi connectivity index (χ1v) is 10.1. The number of nitrogens with zero attached hydrogens (tertiary/aromatic N) is 2. The summed E-state index contributed by atoms with van der Waals surface area (Å²) in [6.07, 6.45) is 3.14. The molecule has 1 fully saturated rings. The molecule has 1 saturated heterocycles. The number of aromatic amines is 1. The van der Waals surface area contributed by atoms with Crippen molar-refractivity contribution in [1.29, 1.82) is 0 Å². The zero-order valence-corrected chi connectivity index (χ0v) is 16.3. The molecule has 3 heterocycles. The van der Waals surface area contributed by atoms with Gasteiger partial charge in [-0.15, -0.1) is 0 Å². The van der Waals surface area contributed by atoms with Crippen LogP contribution in [0.4, 0.5) is 15.8 Å². The van der Waals surface area contributed by atoms with Gasteiger partial charge in [-0.3, -0.25) is 4.79 Å². The van der Waals surface area contributed by atoms with Crippen molar-refractivity contribution < 1.29 is 13.9 Å². The average molecular weight is 394 g/mol. The minimum absolute atomic E-state index is 0.139. The van der Waals surface area contributed by atoms with Crippen LogP contribution in [0.25, 0.3) is 11.0 Å². The quantitative estimate of drug-likeness (QED) is 0.688. The number of aromatic nitrogens is 2. The lowest BCUT2D eigenvalue weighted by molar-refractivity contribution is -0.119. The van der Waals surface area contributed by atoms with Crippen molar-refractivity contribution in [1.82, 2.24) is 9.97 Å². The number of imidazole rings is 1. The highest BCUT2D eigenvalue weighted by molar-refractivity contribution is 5.99. The normalized spacial score (nSPS) is 19.2. The van der Waals surface area contributed by atoms with E-state index < -0.39 is 0 Å². The Labute approximate surface area is 168 Å². The van der Waals surface area contributed by atoms with Gasteiger partial charge < -0.3 is 19.9 Å². The van der Waals surface area contributed by atoms with E-state index in [1.54, 1.807) is 12.1 Å². The number of aryl methyl sites for hydroxylation is 1. The molecule has 0 saturated carbocycles. The second kappa shape index (κ2) is 7.06. The molecular formula is C22H23FN4O2. The van der Waals surface area contributed by atoms with Crippen LogP contribution in [-0.4, -0.2) is 29.0 Å². The lowest BCUT2D eigenvalue weighted by Gasteiger charge is -2.30. The van der Waals surface area contributed by atoms with Crippen LogP contribution in [0.15, 0.2) is 30.3 Å². The third-order valence-electron chi connectivity index (χ3n) is 5.68. The van der Waals surface area contributed by atoms with Crippen LogP contribution in [0, 0.1) is 12.7 Å². The molecule has 1 atom stereocenters. The molecule has 2 aliphatic rings. The molecule has 0 spiro atoms. The molecule has 0 radical (unpaired) electrons. The zero-order valence-electron chi connectivity index (χ0n) is 16.3. The van der Waals surface area contributed by atoms with Crippen LogP contribution in [-0.2, 0) is 4.79 Å². The number of hydrogen-bond acceptors (Lipinski definition) is 4. The summed E-state index contributed by atoms with van der Waals surface area (Å²) in [5.41, 5.74) is 3.83. The van der Waals surface area contributed by atoms with Gasteiger partial charge >= 0.3 is 0 Å². The van der Waals surface area contributed by atoms with E-state index in [1.807, 2.05) is 24.0 Å². The van der Waals surface area contributed by atoms with Crippen LogP contribution in [0.3, 0.4) is 0 Å². The fraction of sp³-hybridized carbons (Fsp3) is 0.364. The van der Waals surface area contributed by atoms with Gasteiger partial charge in [-0.1, -0.05) is 6.07 Å². The fourth-order valence-electron chi connectivity index (χ4n) is 4.31. The second-order valence-corrected chi connectivity index (χ2v) is 7.70. The van der Waals surface area contributed by atoms with Gasteiger partial charge in [0.1, 0.15) is 22.9 Å². The third kappa shape index (κ3) is 3.20. The van der Waals surface area contributed by atoms with Crippen LogP contribution in [0.1, 0.15) is 43.1 Å². The van der Waals surface area contributed by atoms with E-state index >= 15 is 0 Å². The number of ether oxygens (including phenoxy) is 1. The van der Waals surface area contributed by atoms with Crippen molar-refractivity contribution in [2.24, 2.45) is 0 Å². The topological polar surface area (TPSA) is 70.2 Å². The zero-order chi connectivity index (χ0) is 20.0. The molecular weight excluding hydrogens is 371 g/mol. The summed E-state index contributed by atoms with van der Waals surface area (Å²) in [4.78, 5) is 22.2. The van der Waals surface area contributed by atoms with E-state index in [0.717, 1.165) is 41.1 Å². The number of rotatable bonds is 3. The molecule has 6 nitrogen and oxygen atoms in total. The SMILES string of the molecule is Cc1nc2c(NC3CCOc4cccc(F)c43)cc(N3CCCCC3=O)cc2[nH]1. The number of anilines is 2. The Hall–Kier alpha value is -3.09. The highest BCUT2D eigenvalue weighted by atomic mass is 19.1. The van der Waals surface area contributed by atoms with Crippen LogP contribution in [0.5, 0.6) is 5.75 Å². The van der Waals surface area contributed by atoms with Gasteiger partial charge in [-0.05, 0) is 44.0 Å². The Morgan fingerprint density at radius 1 is 1.31 bits per heavy atom. The Bertz CT molecular complexity index is 1090. The minimum atomic E-state index is -0.281. The summed E-state index contributed by atoms with van der Waals surface area (Å²) in [5.74, 6) is 1.23. The molecule has 5 rings (SSSR count). The summed E-state index contributed by atoms with van der Waals surface area (Å²) < 4.78 is 20.2. The maximum Gasteiger partial charge on any atom is 0.226 e. The molecule has 7 heteroatoms. The first kappa shape index (κ1) is 18.0. The molecule has 2 aliphatic heterocycles. The monoisotopic (exact) mass is 394 g/mol. The lowest BCUT2D eigenvalue weighted by atomic mass is 9.99. The van der Waals surface area contributed by atoms with E-state index in [2.05, 4.69) is 15.3 Å². The van der Waals surface area contributed by atoms with E-state index in [-0.39, 0.29) is 17.8 Å². The van der Waals surface area contributed by atoms with Crippen molar-refractivity contribution >= 4 is 28.3 Å². The summed E-state index contributed by atoms with van der Waals surface area (Å²) in [7, 11) is 0. The molecule has 150 valence electrons. The van der Waals surface area contributed by atoms with Gasteiger partial charge in [0.2, 0.25) is 5.91 Å². The van der Waals surface area contributed by atoms with Crippen LogP contribution < -0.4 is 15.0 Å². The molecule has 0 aliphatic carbocycles. The van der Waals surface area contributed by atoms with E-state index in [9.17, 15) is 9.18 Å². The van der Waals surface area contributed by atoms with Gasteiger partial charge in [0, 0.05) is 25.1 Å². The molecule has 0 bridgehead atoms. The average Bonchev–Trinajstić information content (AvgIpc) is 3.09. The summed E-state index contributed by atoms with van der Waals surface area (Å²) >= 11 is 0. The molecule has 3 aromatic rings. The van der Waals surface area contributed by atoms with Gasteiger partial charge in [-0.25, -0.2) is 9.37 Å². The molecule has 1 aromatic heterocycles. The van der Waals surface area contributed by atoms with Crippen molar-refractivity contribution in [2.75, 3.05) is 23.4 Å². The highest BCUT2D eigenvalue weighted by Gasteiger charge is 2.27. The van der Waals surface area contributed by atoms with Crippen molar-refractivity contribution in [2.45, 2.75) is 38.6 Å². The summed E-state index contributed by atoms with van der Waals surface area (Å²) in [5, 5.41) is 3.49. The molecule has 2 N–H and O–H groups in total. The number of nitrogens with one attached hydrogen (secondary N) is 2. The fourth-order valence-corrected chi connectivity index (χ4v) is 4.31. The van der Waals surface area contributed by atoms with E-state index in [0.29, 0.717) is 37.3 Å². The Kier molecular flexibility index (Phi) is 4.38. The molecule has 29 heavy (non-hydrogen) atoms. The standard InChI is InChI=1S/C22H23FN4O2/c1-13-24-17-11-14(27-9-3-2-7-20(27)28)12-18(22(17)25-13)26-16-8-10-29-19-6-4-5-15(23)21(16)19/h4-6,11-12,16,26H,2-3,7-10H2,1H3,(H,24,25). The number of carbonyl (C=O) groups is 1. The first-order chi connectivity index (χ1) is 14.1. The largest absolute Gasteiger partial charge is 0.493 e. The van der Waals surface area contributed by atoms with Crippen LogP contribution in [0.2, 0.25) is 0 Å². The van der Waals surface area contributed by atoms with Crippen molar-refractivity contribution in [3.8, 4) is 5.75 Å². The van der Waals surface area contributed by atoms with E-state index in [4.69, 9.17) is 4.74 Å². The van der Waals surface area contributed by atoms with Gasteiger partial charge in [0.05, 0.1) is 29.4 Å². The number of piperidine rings is 1. The number of H-pyrrole nitrogens is 1. The predicted octanol–water partition coefficient (Wildman–Crippen LogP) is 4.46. The predicted molar refractivity (Wildman–Crippen MR) is 110 cm³/mol. The maximum absolute atomic E-state index is 14.6. The van der Waals surface area contributed by atoms with Gasteiger partial charge in [0.25, 0.3) is 0 Å². The molecule has 2 aromatic carbocycles. The summed E-state index contributed by atoms with van der Waals surface area (Å²) in [6.45, 7) is 3.13. The number of halogens is 1. The van der Waals surface area contributed by atoms with E-state index in [1.165, 1.54) is 6.07 Å². The maximum atomic E-state index is 14.6. The Morgan fingerprint density at radius 2 is 2.21 bits per heavy atom. The number of amides is 1. The number of carbonyl (C=O) groups excluding carboxylic acids is 1. The third-order valence-corrected chi connectivity index (χ3v) is 5.68. The van der Waals surface area contributed by atoms with Gasteiger partial charge in [-0.2, -0.15) is 0 Å².